The van der Waals surface area contributed by atoms with Crippen molar-refractivity contribution in [2.45, 2.75) is 18.2 Å². The third-order valence-electron chi connectivity index (χ3n) is 3.06. The molecule has 0 saturated heterocycles. The molecular weight excluding hydrogens is 413 g/mol. The Bertz CT molecular complexity index is 697. The monoisotopic (exact) mass is 431 g/mol. The molecule has 0 bridgehead atoms. The highest BCUT2D eigenvalue weighted by Gasteiger charge is 2.12. The third-order valence-corrected chi connectivity index (χ3v) is 5.26. The minimum Gasteiger partial charge on any atom is -0.494 e. The van der Waals surface area contributed by atoms with Crippen molar-refractivity contribution in [2.75, 3.05) is 13.2 Å². The molecule has 0 spiro atoms. The van der Waals surface area contributed by atoms with E-state index in [0.29, 0.717) is 24.5 Å². The average molecular weight is 431 g/mol. The zero-order valence-corrected chi connectivity index (χ0v) is 15.2. The zero-order chi connectivity index (χ0) is 16.0. The van der Waals surface area contributed by atoms with Gasteiger partial charge >= 0.3 is 0 Å². The molecule has 1 N–H and O–H groups in total. The van der Waals surface area contributed by atoms with Crippen LogP contribution in [0.15, 0.2) is 53.4 Å². The van der Waals surface area contributed by atoms with Crippen molar-refractivity contribution in [2.24, 2.45) is 0 Å². The number of halogens is 1. The second-order valence-corrected chi connectivity index (χ2v) is 7.69. The van der Waals surface area contributed by atoms with Crippen LogP contribution in [0.3, 0.4) is 0 Å². The Morgan fingerprint density at radius 3 is 2.27 bits per heavy atom. The van der Waals surface area contributed by atoms with E-state index in [9.17, 15) is 8.42 Å². The Morgan fingerprint density at radius 1 is 1.05 bits per heavy atom. The summed E-state index contributed by atoms with van der Waals surface area (Å²) in [7, 11) is -3.44. The Kier molecular flexibility index (Phi) is 6.22. The quantitative estimate of drug-likeness (QED) is 0.686. The molecule has 0 unspecified atom stereocenters. The lowest BCUT2D eigenvalue weighted by Crippen LogP contribution is -2.25. The molecular formula is C16H18INO3S. The Balaban J connectivity index is 1.91. The van der Waals surface area contributed by atoms with Crippen molar-refractivity contribution < 1.29 is 13.2 Å². The second-order valence-electron chi connectivity index (χ2n) is 4.68. The van der Waals surface area contributed by atoms with E-state index in [1.54, 1.807) is 24.3 Å². The van der Waals surface area contributed by atoms with Crippen molar-refractivity contribution >= 4 is 32.6 Å². The average Bonchev–Trinajstić information content (AvgIpc) is 2.50. The van der Waals surface area contributed by atoms with E-state index in [-0.39, 0.29) is 0 Å². The fraction of sp³-hybridized carbons (Fsp3) is 0.250. The molecule has 0 saturated carbocycles. The zero-order valence-electron chi connectivity index (χ0n) is 12.3. The second kappa shape index (κ2) is 7.94. The van der Waals surface area contributed by atoms with Crippen molar-refractivity contribution in [3.05, 3.63) is 57.7 Å². The lowest BCUT2D eigenvalue weighted by Gasteiger charge is -2.08. The van der Waals surface area contributed by atoms with Crippen molar-refractivity contribution in [1.29, 1.82) is 0 Å². The van der Waals surface area contributed by atoms with E-state index < -0.39 is 10.0 Å². The summed E-state index contributed by atoms with van der Waals surface area (Å²) in [4.78, 5) is 0.291. The Labute approximate surface area is 145 Å². The molecule has 2 aromatic rings. The highest BCUT2D eigenvalue weighted by molar-refractivity contribution is 14.1. The van der Waals surface area contributed by atoms with Gasteiger partial charge in [-0.25, -0.2) is 13.1 Å². The molecule has 0 fully saturated rings. The van der Waals surface area contributed by atoms with Gasteiger partial charge in [-0.3, -0.25) is 0 Å². The first-order valence-corrected chi connectivity index (χ1v) is 9.54. The molecule has 2 rings (SSSR count). The van der Waals surface area contributed by atoms with Gasteiger partial charge in [0.1, 0.15) is 5.75 Å². The summed E-state index contributed by atoms with van der Waals surface area (Å²) in [6.07, 6.45) is 0.635. The summed E-state index contributed by atoms with van der Waals surface area (Å²) >= 11 is 2.14. The standard InChI is InChI=1S/C16H18INO3S/c1-2-21-15-7-3-13(4-8-15)11-12-18-22(19,20)16-9-5-14(17)6-10-16/h3-10,18H,2,11-12H2,1H3. The lowest BCUT2D eigenvalue weighted by molar-refractivity contribution is 0.340. The SMILES string of the molecule is CCOc1ccc(CCNS(=O)(=O)c2ccc(I)cc2)cc1. The topological polar surface area (TPSA) is 55.4 Å². The number of sulfonamides is 1. The van der Waals surface area contributed by atoms with Gasteiger partial charge in [0.15, 0.2) is 0 Å². The summed E-state index contributed by atoms with van der Waals surface area (Å²) in [6, 6.07) is 14.5. The Morgan fingerprint density at radius 2 is 1.68 bits per heavy atom. The number of benzene rings is 2. The van der Waals surface area contributed by atoms with Gasteiger partial charge in [0.05, 0.1) is 11.5 Å². The molecule has 0 aliphatic rings. The molecule has 0 aromatic heterocycles. The maximum absolute atomic E-state index is 12.1. The number of ether oxygens (including phenoxy) is 1. The van der Waals surface area contributed by atoms with E-state index in [1.165, 1.54) is 0 Å². The van der Waals surface area contributed by atoms with Gasteiger partial charge < -0.3 is 4.74 Å². The van der Waals surface area contributed by atoms with Crippen LogP contribution < -0.4 is 9.46 Å². The van der Waals surface area contributed by atoms with Gasteiger partial charge in [-0.1, -0.05) is 12.1 Å². The molecule has 6 heteroatoms. The number of rotatable bonds is 7. The van der Waals surface area contributed by atoms with E-state index in [0.717, 1.165) is 14.9 Å². The number of hydrogen-bond acceptors (Lipinski definition) is 3. The third kappa shape index (κ3) is 4.96. The van der Waals surface area contributed by atoms with Gasteiger partial charge in [-0.05, 0) is 77.9 Å². The summed E-state index contributed by atoms with van der Waals surface area (Å²) in [5.41, 5.74) is 1.06. The van der Waals surface area contributed by atoms with Gasteiger partial charge in [0.25, 0.3) is 0 Å². The van der Waals surface area contributed by atoms with Gasteiger partial charge in [-0.15, -0.1) is 0 Å². The summed E-state index contributed by atoms with van der Waals surface area (Å²) < 4.78 is 33.3. The molecule has 0 radical (unpaired) electrons. The first-order chi connectivity index (χ1) is 10.5. The van der Waals surface area contributed by atoms with Crippen molar-refractivity contribution in [3.63, 3.8) is 0 Å². The van der Waals surface area contributed by atoms with E-state index in [2.05, 4.69) is 27.3 Å². The summed E-state index contributed by atoms with van der Waals surface area (Å²) in [5, 5.41) is 0. The van der Waals surface area contributed by atoms with Crippen LogP contribution in [-0.4, -0.2) is 21.6 Å². The minimum atomic E-state index is -3.44. The Hall–Kier alpha value is -1.12. The molecule has 0 aliphatic carbocycles. The molecule has 22 heavy (non-hydrogen) atoms. The molecule has 0 aliphatic heterocycles. The largest absolute Gasteiger partial charge is 0.494 e. The van der Waals surface area contributed by atoms with E-state index >= 15 is 0 Å². The highest BCUT2D eigenvalue weighted by atomic mass is 127. The smallest absolute Gasteiger partial charge is 0.240 e. The number of nitrogens with one attached hydrogen (secondary N) is 1. The van der Waals surface area contributed by atoms with Crippen molar-refractivity contribution in [1.82, 2.24) is 4.72 Å². The fourth-order valence-electron chi connectivity index (χ4n) is 1.95. The summed E-state index contributed by atoms with van der Waals surface area (Å²) in [6.45, 7) is 2.94. The van der Waals surface area contributed by atoms with Gasteiger partial charge in [0, 0.05) is 10.1 Å². The van der Waals surface area contributed by atoms with Crippen LogP contribution in [0.5, 0.6) is 5.75 Å². The fourth-order valence-corrected chi connectivity index (χ4v) is 3.34. The molecule has 2 aromatic carbocycles. The van der Waals surface area contributed by atoms with Crippen molar-refractivity contribution in [3.8, 4) is 5.75 Å². The van der Waals surface area contributed by atoms with Crippen LogP contribution in [0.2, 0.25) is 0 Å². The first-order valence-electron chi connectivity index (χ1n) is 6.98. The lowest BCUT2D eigenvalue weighted by atomic mass is 10.1. The van der Waals surface area contributed by atoms with Crippen LogP contribution >= 0.6 is 22.6 Å². The van der Waals surface area contributed by atoms with Crippen LogP contribution in [0, 0.1) is 3.57 Å². The normalized spacial score (nSPS) is 11.4. The van der Waals surface area contributed by atoms with Gasteiger partial charge in [0.2, 0.25) is 10.0 Å². The van der Waals surface area contributed by atoms with Gasteiger partial charge in [-0.2, -0.15) is 0 Å². The predicted octanol–water partition coefficient (Wildman–Crippen LogP) is 3.21. The summed E-state index contributed by atoms with van der Waals surface area (Å²) in [5.74, 6) is 0.825. The van der Waals surface area contributed by atoms with Crippen LogP contribution in [-0.2, 0) is 16.4 Å². The molecule has 0 heterocycles. The molecule has 118 valence electrons. The maximum atomic E-state index is 12.1. The molecule has 0 atom stereocenters. The van der Waals surface area contributed by atoms with Crippen LogP contribution in [0.25, 0.3) is 0 Å². The first kappa shape index (κ1) is 17.2. The van der Waals surface area contributed by atoms with Crippen LogP contribution in [0.4, 0.5) is 0 Å². The van der Waals surface area contributed by atoms with E-state index in [1.807, 2.05) is 31.2 Å². The maximum Gasteiger partial charge on any atom is 0.240 e. The predicted molar refractivity (Wildman–Crippen MR) is 95.7 cm³/mol. The van der Waals surface area contributed by atoms with Crippen LogP contribution in [0.1, 0.15) is 12.5 Å². The number of hydrogen-bond donors (Lipinski definition) is 1. The molecule has 0 amide bonds. The highest BCUT2D eigenvalue weighted by Crippen LogP contribution is 2.14. The minimum absolute atomic E-state index is 0.291. The van der Waals surface area contributed by atoms with E-state index in [4.69, 9.17) is 4.74 Å². The molecule has 4 nitrogen and oxygen atoms in total.